The van der Waals surface area contributed by atoms with Crippen LogP contribution in [-0.2, 0) is 10.0 Å². The summed E-state index contributed by atoms with van der Waals surface area (Å²) in [5, 5.41) is 14.9. The standard InChI is InChI=1S/C20H24N2O5S/c1-12-4-5-17(14(3)8-12)27-19-16(22-7-6-13(2)11-22)9-15(20(23)24)10-18(19)28(21,25)26/h4-5,8-10,13H,6-7,11H2,1-3H3,(H,23,24)(H2,21,25,26). The van der Waals surface area contributed by atoms with Crippen LogP contribution in [0.4, 0.5) is 5.69 Å². The van der Waals surface area contributed by atoms with Gasteiger partial charge in [0, 0.05) is 13.1 Å². The number of rotatable bonds is 5. The fourth-order valence-electron chi connectivity index (χ4n) is 3.44. The van der Waals surface area contributed by atoms with Crippen LogP contribution >= 0.6 is 0 Å². The molecular formula is C20H24N2O5S. The second-order valence-corrected chi connectivity index (χ2v) is 8.91. The minimum absolute atomic E-state index is 0.0635. The number of carboxylic acid groups (broad SMARTS) is 1. The summed E-state index contributed by atoms with van der Waals surface area (Å²) in [5.41, 5.74) is 2.16. The zero-order valence-electron chi connectivity index (χ0n) is 16.1. The van der Waals surface area contributed by atoms with E-state index in [0.29, 0.717) is 30.4 Å². The molecule has 2 aromatic rings. The van der Waals surface area contributed by atoms with Crippen LogP contribution in [0.5, 0.6) is 11.5 Å². The van der Waals surface area contributed by atoms with Gasteiger partial charge in [-0.25, -0.2) is 18.4 Å². The quantitative estimate of drug-likeness (QED) is 0.791. The van der Waals surface area contributed by atoms with Crippen molar-refractivity contribution in [3.05, 3.63) is 47.0 Å². The highest BCUT2D eigenvalue weighted by atomic mass is 32.2. The zero-order valence-corrected chi connectivity index (χ0v) is 16.9. The highest BCUT2D eigenvalue weighted by molar-refractivity contribution is 7.89. The van der Waals surface area contributed by atoms with Crippen LogP contribution in [0.25, 0.3) is 0 Å². The zero-order chi connectivity index (χ0) is 20.6. The molecule has 1 fully saturated rings. The smallest absolute Gasteiger partial charge is 0.335 e. The highest BCUT2D eigenvalue weighted by Crippen LogP contribution is 2.41. The van der Waals surface area contributed by atoms with Crippen LogP contribution in [0.2, 0.25) is 0 Å². The van der Waals surface area contributed by atoms with Crippen molar-refractivity contribution in [1.82, 2.24) is 0 Å². The van der Waals surface area contributed by atoms with Crippen molar-refractivity contribution in [3.63, 3.8) is 0 Å². The summed E-state index contributed by atoms with van der Waals surface area (Å²) in [6.45, 7) is 7.26. The molecule has 0 amide bonds. The minimum Gasteiger partial charge on any atom is -0.478 e. The average Bonchev–Trinajstić information content (AvgIpc) is 3.02. The van der Waals surface area contributed by atoms with Crippen LogP contribution < -0.4 is 14.8 Å². The number of aromatic carboxylic acids is 1. The fourth-order valence-corrected chi connectivity index (χ4v) is 4.13. The van der Waals surface area contributed by atoms with Crippen LogP contribution in [-0.4, -0.2) is 32.6 Å². The van der Waals surface area contributed by atoms with Gasteiger partial charge in [-0.2, -0.15) is 0 Å². The van der Waals surface area contributed by atoms with Gasteiger partial charge in [-0.1, -0.05) is 24.6 Å². The first-order valence-corrected chi connectivity index (χ1v) is 10.5. The molecule has 1 aliphatic rings. The highest BCUT2D eigenvalue weighted by Gasteiger charge is 2.29. The van der Waals surface area contributed by atoms with Gasteiger partial charge in [-0.3, -0.25) is 0 Å². The van der Waals surface area contributed by atoms with E-state index in [1.165, 1.54) is 6.07 Å². The lowest BCUT2D eigenvalue weighted by Crippen LogP contribution is -2.22. The van der Waals surface area contributed by atoms with E-state index in [0.717, 1.165) is 23.6 Å². The predicted molar refractivity (Wildman–Crippen MR) is 107 cm³/mol. The molecule has 0 saturated carbocycles. The lowest BCUT2D eigenvalue weighted by molar-refractivity contribution is 0.0696. The summed E-state index contributed by atoms with van der Waals surface area (Å²) in [5.74, 6) is -0.266. The number of benzene rings is 2. The van der Waals surface area contributed by atoms with E-state index in [9.17, 15) is 18.3 Å². The van der Waals surface area contributed by atoms with Crippen molar-refractivity contribution in [3.8, 4) is 11.5 Å². The third-order valence-corrected chi connectivity index (χ3v) is 5.81. The molecule has 7 nitrogen and oxygen atoms in total. The Hall–Kier alpha value is -2.58. The maximum absolute atomic E-state index is 12.3. The van der Waals surface area contributed by atoms with Gasteiger partial charge in [0.25, 0.3) is 0 Å². The largest absolute Gasteiger partial charge is 0.478 e. The molecule has 1 atom stereocenters. The molecule has 2 aromatic carbocycles. The van der Waals surface area contributed by atoms with Crippen LogP contribution in [0, 0.1) is 19.8 Å². The van der Waals surface area contributed by atoms with Gasteiger partial charge in [0.15, 0.2) is 5.75 Å². The second kappa shape index (κ2) is 7.44. The number of ether oxygens (including phenoxy) is 1. The first-order chi connectivity index (χ1) is 13.1. The number of hydrogen-bond donors (Lipinski definition) is 2. The van der Waals surface area contributed by atoms with Gasteiger partial charge >= 0.3 is 5.97 Å². The number of anilines is 1. The van der Waals surface area contributed by atoms with Crippen molar-refractivity contribution >= 4 is 21.7 Å². The summed E-state index contributed by atoms with van der Waals surface area (Å²) in [4.78, 5) is 13.2. The van der Waals surface area contributed by atoms with Gasteiger partial charge < -0.3 is 14.7 Å². The van der Waals surface area contributed by atoms with E-state index in [4.69, 9.17) is 9.88 Å². The Kier molecular flexibility index (Phi) is 5.36. The molecular weight excluding hydrogens is 380 g/mol. The normalized spacial score (nSPS) is 17.0. The summed E-state index contributed by atoms with van der Waals surface area (Å²) in [7, 11) is -4.21. The van der Waals surface area contributed by atoms with Crippen molar-refractivity contribution in [2.45, 2.75) is 32.1 Å². The summed E-state index contributed by atoms with van der Waals surface area (Å²) in [6, 6.07) is 8.06. The maximum Gasteiger partial charge on any atom is 0.335 e. The van der Waals surface area contributed by atoms with Crippen molar-refractivity contribution in [2.75, 3.05) is 18.0 Å². The molecule has 1 saturated heterocycles. The summed E-state index contributed by atoms with van der Waals surface area (Å²) in [6.07, 6.45) is 0.922. The third-order valence-electron chi connectivity index (χ3n) is 4.90. The summed E-state index contributed by atoms with van der Waals surface area (Å²) < 4.78 is 30.6. The minimum atomic E-state index is -4.21. The number of hydrogen-bond acceptors (Lipinski definition) is 5. The monoisotopic (exact) mass is 404 g/mol. The van der Waals surface area contributed by atoms with Crippen molar-refractivity contribution in [2.24, 2.45) is 11.1 Å². The Morgan fingerprint density at radius 2 is 1.96 bits per heavy atom. The number of carbonyl (C=O) groups is 1. The van der Waals surface area contributed by atoms with Gasteiger partial charge in [0.1, 0.15) is 10.6 Å². The molecule has 3 N–H and O–H groups in total. The van der Waals surface area contributed by atoms with Crippen LogP contribution in [0.15, 0.2) is 35.2 Å². The molecule has 0 spiro atoms. The first kappa shape index (κ1) is 20.2. The van der Waals surface area contributed by atoms with E-state index in [1.807, 2.05) is 30.9 Å². The van der Waals surface area contributed by atoms with Gasteiger partial charge in [-0.05, 0) is 49.9 Å². The number of primary sulfonamides is 1. The lowest BCUT2D eigenvalue weighted by Gasteiger charge is -2.24. The van der Waals surface area contributed by atoms with E-state index in [-0.39, 0.29) is 16.2 Å². The molecule has 1 aliphatic heterocycles. The Morgan fingerprint density at radius 3 is 2.50 bits per heavy atom. The van der Waals surface area contributed by atoms with Crippen LogP contribution in [0.1, 0.15) is 34.8 Å². The van der Waals surface area contributed by atoms with Gasteiger partial charge in [-0.15, -0.1) is 0 Å². The molecule has 0 aromatic heterocycles. The first-order valence-electron chi connectivity index (χ1n) is 9.00. The lowest BCUT2D eigenvalue weighted by atomic mass is 10.1. The van der Waals surface area contributed by atoms with E-state index < -0.39 is 16.0 Å². The van der Waals surface area contributed by atoms with Crippen molar-refractivity contribution < 1.29 is 23.1 Å². The van der Waals surface area contributed by atoms with E-state index in [1.54, 1.807) is 6.07 Å². The number of nitrogens with two attached hydrogens (primary N) is 1. The Balaban J connectivity index is 2.23. The molecule has 150 valence electrons. The number of nitrogens with zero attached hydrogens (tertiary/aromatic N) is 1. The van der Waals surface area contributed by atoms with E-state index in [2.05, 4.69) is 6.92 Å². The Labute approximate surface area is 164 Å². The molecule has 1 heterocycles. The van der Waals surface area contributed by atoms with Gasteiger partial charge in [0.05, 0.1) is 11.3 Å². The molecule has 0 radical (unpaired) electrons. The molecule has 28 heavy (non-hydrogen) atoms. The predicted octanol–water partition coefficient (Wildman–Crippen LogP) is 3.29. The summed E-state index contributed by atoms with van der Waals surface area (Å²) >= 11 is 0. The Bertz CT molecular complexity index is 1030. The molecule has 3 rings (SSSR count). The van der Waals surface area contributed by atoms with Gasteiger partial charge in [0.2, 0.25) is 10.0 Å². The molecule has 1 unspecified atom stereocenters. The van der Waals surface area contributed by atoms with E-state index >= 15 is 0 Å². The third kappa shape index (κ3) is 4.13. The van der Waals surface area contributed by atoms with Crippen molar-refractivity contribution in [1.29, 1.82) is 0 Å². The van der Waals surface area contributed by atoms with Crippen LogP contribution in [0.3, 0.4) is 0 Å². The average molecular weight is 404 g/mol. The second-order valence-electron chi connectivity index (χ2n) is 7.38. The maximum atomic E-state index is 12.3. The topological polar surface area (TPSA) is 110 Å². The number of sulfonamides is 1. The fraction of sp³-hybridized carbons (Fsp3) is 0.350. The Morgan fingerprint density at radius 1 is 1.25 bits per heavy atom. The SMILES string of the molecule is Cc1ccc(Oc2c(N3CCC(C)C3)cc(C(=O)O)cc2S(N)(=O)=O)c(C)c1. The number of aryl methyl sites for hydroxylation is 2. The number of carboxylic acids is 1. The molecule has 8 heteroatoms. The molecule has 0 bridgehead atoms. The molecule has 0 aliphatic carbocycles.